The highest BCUT2D eigenvalue weighted by atomic mass is 35.5. The van der Waals surface area contributed by atoms with Crippen LogP contribution in [0.2, 0.25) is 5.02 Å². The Balaban J connectivity index is 2.00. The van der Waals surface area contributed by atoms with E-state index < -0.39 is 24.6 Å². The smallest absolute Gasteiger partial charge is 0.305 e. The molecule has 0 saturated heterocycles. The molecule has 0 aliphatic rings. The lowest BCUT2D eigenvalue weighted by molar-refractivity contribution is -0.139. The van der Waals surface area contributed by atoms with Gasteiger partial charge in [-0.25, -0.2) is 9.37 Å². The van der Waals surface area contributed by atoms with E-state index in [0.717, 1.165) is 28.3 Å². The second-order valence-electron chi connectivity index (χ2n) is 8.43. The van der Waals surface area contributed by atoms with E-state index in [0.29, 0.717) is 11.6 Å². The number of aliphatic carboxylic acids is 1. The molecule has 3 rings (SSSR count). The summed E-state index contributed by atoms with van der Waals surface area (Å²) in [5.41, 5.74) is 3.19. The molecule has 3 aromatic rings. The van der Waals surface area contributed by atoms with Crippen molar-refractivity contribution in [2.75, 3.05) is 0 Å². The summed E-state index contributed by atoms with van der Waals surface area (Å²) in [5.74, 6) is -0.567. The molecular formula is C26H28ClFN2O4. The standard InChI is InChI=1S/C26H28ClFN2O4/c1-16(2)26-29-24(17-5-9-19(27)10-6-17)25(18-7-11-20(28)12-8-18)30(26)13-3-4-21(31)14-22(32)15-23(33)34/h3-12,16,21-22,31-32H,13-15H2,1-2H3,(H,33,34)/b4-3+. The number of rotatable bonds is 10. The number of carbonyl (C=O) groups is 1. The van der Waals surface area contributed by atoms with Crippen molar-refractivity contribution in [1.82, 2.24) is 9.55 Å². The molecule has 2 atom stereocenters. The first kappa shape index (κ1) is 25.6. The second kappa shape index (κ2) is 11.4. The lowest BCUT2D eigenvalue weighted by Gasteiger charge is -2.14. The molecule has 0 amide bonds. The van der Waals surface area contributed by atoms with Gasteiger partial charge in [0.05, 0.1) is 30.0 Å². The molecule has 180 valence electrons. The third-order valence-electron chi connectivity index (χ3n) is 5.32. The van der Waals surface area contributed by atoms with Gasteiger partial charge in [0.15, 0.2) is 0 Å². The van der Waals surface area contributed by atoms with Gasteiger partial charge in [-0.3, -0.25) is 4.79 Å². The Bertz CT molecular complexity index is 1140. The quantitative estimate of drug-likeness (QED) is 0.339. The van der Waals surface area contributed by atoms with Gasteiger partial charge in [0, 0.05) is 35.0 Å². The van der Waals surface area contributed by atoms with E-state index in [4.69, 9.17) is 21.7 Å². The maximum absolute atomic E-state index is 13.6. The number of hydrogen-bond donors (Lipinski definition) is 3. The molecule has 3 N–H and O–H groups in total. The fourth-order valence-corrected chi connectivity index (χ4v) is 3.90. The van der Waals surface area contributed by atoms with Crippen molar-refractivity contribution in [3.63, 3.8) is 0 Å². The predicted molar refractivity (Wildman–Crippen MR) is 130 cm³/mol. The average Bonchev–Trinajstić information content (AvgIpc) is 3.14. The topological polar surface area (TPSA) is 95.6 Å². The van der Waals surface area contributed by atoms with Crippen LogP contribution in [0.3, 0.4) is 0 Å². The Morgan fingerprint density at radius 3 is 2.29 bits per heavy atom. The Morgan fingerprint density at radius 1 is 1.09 bits per heavy atom. The third kappa shape index (κ3) is 6.53. The van der Waals surface area contributed by atoms with Crippen molar-refractivity contribution in [2.45, 2.75) is 51.4 Å². The largest absolute Gasteiger partial charge is 0.481 e. The maximum atomic E-state index is 13.6. The van der Waals surface area contributed by atoms with Crippen LogP contribution in [0.15, 0.2) is 60.7 Å². The predicted octanol–water partition coefficient (Wildman–Crippen LogP) is 5.28. The highest BCUT2D eigenvalue weighted by Crippen LogP contribution is 2.35. The van der Waals surface area contributed by atoms with Crippen LogP contribution in [0, 0.1) is 5.82 Å². The van der Waals surface area contributed by atoms with E-state index >= 15 is 0 Å². The maximum Gasteiger partial charge on any atom is 0.305 e. The minimum Gasteiger partial charge on any atom is -0.481 e. The summed E-state index contributed by atoms with van der Waals surface area (Å²) in [5, 5.41) is 29.3. The van der Waals surface area contributed by atoms with Crippen LogP contribution >= 0.6 is 11.6 Å². The molecule has 0 fully saturated rings. The summed E-state index contributed by atoms with van der Waals surface area (Å²) >= 11 is 6.07. The van der Waals surface area contributed by atoms with Crippen molar-refractivity contribution in [2.24, 2.45) is 0 Å². The molecule has 34 heavy (non-hydrogen) atoms. The molecule has 0 bridgehead atoms. The molecule has 2 aromatic carbocycles. The zero-order chi connectivity index (χ0) is 24.8. The number of imidazole rings is 1. The molecule has 2 unspecified atom stereocenters. The molecule has 0 aliphatic heterocycles. The molecule has 0 saturated carbocycles. The summed E-state index contributed by atoms with van der Waals surface area (Å²) in [7, 11) is 0. The van der Waals surface area contributed by atoms with E-state index in [9.17, 15) is 19.4 Å². The number of allylic oxidation sites excluding steroid dienone is 1. The van der Waals surface area contributed by atoms with E-state index in [1.807, 2.05) is 30.5 Å². The molecule has 0 spiro atoms. The van der Waals surface area contributed by atoms with Crippen LogP contribution in [0.1, 0.15) is 38.4 Å². The van der Waals surface area contributed by atoms with Crippen LogP contribution in [0.5, 0.6) is 0 Å². The minimum atomic E-state index is -1.14. The Hall–Kier alpha value is -3.00. The van der Waals surface area contributed by atoms with Crippen LogP contribution in [0.4, 0.5) is 4.39 Å². The summed E-state index contributed by atoms with van der Waals surface area (Å²) in [6.07, 6.45) is 0.650. The molecular weight excluding hydrogens is 459 g/mol. The second-order valence-corrected chi connectivity index (χ2v) is 8.87. The fraction of sp³-hybridized carbons (Fsp3) is 0.308. The van der Waals surface area contributed by atoms with Crippen molar-refractivity contribution < 1.29 is 24.5 Å². The molecule has 0 aliphatic carbocycles. The van der Waals surface area contributed by atoms with Crippen molar-refractivity contribution >= 4 is 17.6 Å². The SMILES string of the molecule is CC(C)c1nc(-c2ccc(Cl)cc2)c(-c2ccc(F)cc2)n1C/C=C/C(O)CC(O)CC(=O)O. The monoisotopic (exact) mass is 486 g/mol. The highest BCUT2D eigenvalue weighted by Gasteiger charge is 2.21. The third-order valence-corrected chi connectivity index (χ3v) is 5.57. The van der Waals surface area contributed by atoms with Crippen LogP contribution in [-0.2, 0) is 11.3 Å². The van der Waals surface area contributed by atoms with E-state index in [-0.39, 0.29) is 18.2 Å². The van der Waals surface area contributed by atoms with Crippen molar-refractivity contribution in [3.8, 4) is 22.5 Å². The van der Waals surface area contributed by atoms with Gasteiger partial charge in [-0.15, -0.1) is 0 Å². The lowest BCUT2D eigenvalue weighted by atomic mass is 10.0. The first-order chi connectivity index (χ1) is 16.2. The van der Waals surface area contributed by atoms with Gasteiger partial charge in [-0.1, -0.05) is 49.7 Å². The van der Waals surface area contributed by atoms with Crippen molar-refractivity contribution in [3.05, 3.63) is 77.3 Å². The average molecular weight is 487 g/mol. The Labute approximate surface area is 203 Å². The number of halogens is 2. The first-order valence-electron chi connectivity index (χ1n) is 11.0. The van der Waals surface area contributed by atoms with Crippen LogP contribution in [-0.4, -0.2) is 43.0 Å². The van der Waals surface area contributed by atoms with Gasteiger partial charge in [-0.2, -0.15) is 0 Å². The van der Waals surface area contributed by atoms with Gasteiger partial charge in [0.25, 0.3) is 0 Å². The van der Waals surface area contributed by atoms with Crippen LogP contribution < -0.4 is 0 Å². The van der Waals surface area contributed by atoms with Crippen molar-refractivity contribution in [1.29, 1.82) is 0 Å². The molecule has 0 radical (unpaired) electrons. The summed E-state index contributed by atoms with van der Waals surface area (Å²) in [4.78, 5) is 15.6. The van der Waals surface area contributed by atoms with E-state index in [1.54, 1.807) is 30.3 Å². The Kier molecular flexibility index (Phi) is 8.61. The number of aromatic nitrogens is 2. The number of carboxylic acids is 1. The molecule has 6 nitrogen and oxygen atoms in total. The highest BCUT2D eigenvalue weighted by molar-refractivity contribution is 6.30. The van der Waals surface area contributed by atoms with Gasteiger partial charge in [0.1, 0.15) is 11.6 Å². The van der Waals surface area contributed by atoms with E-state index in [1.165, 1.54) is 18.2 Å². The lowest BCUT2D eigenvalue weighted by Crippen LogP contribution is -2.19. The summed E-state index contributed by atoms with van der Waals surface area (Å²) in [6.45, 7) is 4.42. The van der Waals surface area contributed by atoms with Gasteiger partial charge in [-0.05, 0) is 36.4 Å². The van der Waals surface area contributed by atoms with Crippen LogP contribution in [0.25, 0.3) is 22.5 Å². The van der Waals surface area contributed by atoms with Gasteiger partial charge in [0.2, 0.25) is 0 Å². The van der Waals surface area contributed by atoms with Gasteiger partial charge >= 0.3 is 5.97 Å². The molecule has 8 heteroatoms. The molecule has 1 aromatic heterocycles. The fourth-order valence-electron chi connectivity index (χ4n) is 3.77. The first-order valence-corrected chi connectivity index (χ1v) is 11.4. The van der Waals surface area contributed by atoms with E-state index in [2.05, 4.69) is 0 Å². The zero-order valence-electron chi connectivity index (χ0n) is 19.0. The minimum absolute atomic E-state index is 0.0788. The summed E-state index contributed by atoms with van der Waals surface area (Å²) in [6, 6.07) is 13.6. The normalized spacial score (nSPS) is 13.5. The zero-order valence-corrected chi connectivity index (χ0v) is 19.8. The molecule has 1 heterocycles. The number of nitrogens with zero attached hydrogens (tertiary/aromatic N) is 2. The summed E-state index contributed by atoms with van der Waals surface area (Å²) < 4.78 is 15.7. The van der Waals surface area contributed by atoms with Gasteiger partial charge < -0.3 is 19.9 Å². The number of benzene rings is 2. The Morgan fingerprint density at radius 2 is 1.71 bits per heavy atom. The number of aliphatic hydroxyl groups excluding tert-OH is 2. The number of carboxylic acid groups (broad SMARTS) is 1. The number of aliphatic hydroxyl groups is 2. The number of hydrogen-bond acceptors (Lipinski definition) is 4.